The summed E-state index contributed by atoms with van der Waals surface area (Å²) in [6.45, 7) is 5.16. The van der Waals surface area contributed by atoms with Gasteiger partial charge in [0.25, 0.3) is 0 Å². The summed E-state index contributed by atoms with van der Waals surface area (Å²) in [6.07, 6.45) is 1.80. The molecule has 4 heteroatoms. The second kappa shape index (κ2) is 5.93. The summed E-state index contributed by atoms with van der Waals surface area (Å²) in [5, 5.41) is 0. The Labute approximate surface area is 129 Å². The Hall–Kier alpha value is -2.75. The fourth-order valence-electron chi connectivity index (χ4n) is 2.53. The van der Waals surface area contributed by atoms with E-state index in [2.05, 4.69) is 11.5 Å². The Bertz CT molecular complexity index is 707. The van der Waals surface area contributed by atoms with Crippen LogP contribution in [0.4, 0.5) is 11.4 Å². The van der Waals surface area contributed by atoms with Gasteiger partial charge in [-0.2, -0.15) is 0 Å². The number of carbonyl (C=O) groups excluding carboxylic acids is 1. The van der Waals surface area contributed by atoms with Crippen molar-refractivity contribution in [3.63, 3.8) is 0 Å². The van der Waals surface area contributed by atoms with Crippen molar-refractivity contribution in [1.82, 2.24) is 0 Å². The summed E-state index contributed by atoms with van der Waals surface area (Å²) in [7, 11) is 1.38. The van der Waals surface area contributed by atoms with Crippen molar-refractivity contribution in [1.29, 1.82) is 0 Å². The second-order valence-electron chi connectivity index (χ2n) is 4.97. The SMILES string of the molecule is C=Cc1ccc2c(c1)OCCN2c1ccc(C(=O)OC)cc1. The van der Waals surface area contributed by atoms with E-state index in [9.17, 15) is 4.79 Å². The minimum Gasteiger partial charge on any atom is -0.490 e. The number of benzene rings is 2. The van der Waals surface area contributed by atoms with E-state index in [0.29, 0.717) is 12.2 Å². The molecule has 1 aliphatic heterocycles. The van der Waals surface area contributed by atoms with Crippen molar-refractivity contribution >= 4 is 23.4 Å². The van der Waals surface area contributed by atoms with Gasteiger partial charge in [0, 0.05) is 5.69 Å². The van der Waals surface area contributed by atoms with Crippen molar-refractivity contribution in [2.24, 2.45) is 0 Å². The average Bonchev–Trinajstić information content (AvgIpc) is 2.60. The quantitative estimate of drug-likeness (QED) is 0.810. The van der Waals surface area contributed by atoms with Gasteiger partial charge in [0.1, 0.15) is 12.4 Å². The Morgan fingerprint density at radius 1 is 1.27 bits per heavy atom. The van der Waals surface area contributed by atoms with Crippen LogP contribution in [0.1, 0.15) is 15.9 Å². The molecule has 0 N–H and O–H groups in total. The molecule has 2 aromatic carbocycles. The summed E-state index contributed by atoms with van der Waals surface area (Å²) in [6, 6.07) is 13.4. The zero-order valence-corrected chi connectivity index (χ0v) is 12.4. The van der Waals surface area contributed by atoms with E-state index >= 15 is 0 Å². The van der Waals surface area contributed by atoms with Crippen molar-refractivity contribution in [3.05, 3.63) is 60.2 Å². The molecule has 1 aliphatic rings. The molecule has 0 bridgehead atoms. The third-order valence-electron chi connectivity index (χ3n) is 3.68. The first-order valence-corrected chi connectivity index (χ1v) is 7.08. The van der Waals surface area contributed by atoms with Crippen LogP contribution in [0.5, 0.6) is 5.75 Å². The van der Waals surface area contributed by atoms with Gasteiger partial charge in [0.15, 0.2) is 0 Å². The van der Waals surface area contributed by atoms with Crippen molar-refractivity contribution in [2.75, 3.05) is 25.2 Å². The lowest BCUT2D eigenvalue weighted by atomic mass is 10.1. The fourth-order valence-corrected chi connectivity index (χ4v) is 2.53. The highest BCUT2D eigenvalue weighted by molar-refractivity contribution is 5.90. The number of methoxy groups -OCH3 is 1. The van der Waals surface area contributed by atoms with Crippen LogP contribution < -0.4 is 9.64 Å². The molecule has 0 radical (unpaired) electrons. The molecule has 0 atom stereocenters. The van der Waals surface area contributed by atoms with Crippen LogP contribution in [0.25, 0.3) is 6.08 Å². The molecule has 0 fully saturated rings. The number of rotatable bonds is 3. The Kier molecular flexibility index (Phi) is 3.83. The number of hydrogen-bond donors (Lipinski definition) is 0. The normalized spacial score (nSPS) is 13.0. The highest BCUT2D eigenvalue weighted by Crippen LogP contribution is 2.37. The van der Waals surface area contributed by atoms with Gasteiger partial charge in [0.2, 0.25) is 0 Å². The monoisotopic (exact) mass is 295 g/mol. The van der Waals surface area contributed by atoms with Crippen LogP contribution in [0.3, 0.4) is 0 Å². The van der Waals surface area contributed by atoms with E-state index in [1.807, 2.05) is 30.3 Å². The minimum absolute atomic E-state index is 0.329. The third kappa shape index (κ3) is 2.55. The number of anilines is 2. The maximum atomic E-state index is 11.5. The molecule has 22 heavy (non-hydrogen) atoms. The van der Waals surface area contributed by atoms with Crippen molar-refractivity contribution in [2.45, 2.75) is 0 Å². The van der Waals surface area contributed by atoms with Crippen molar-refractivity contribution in [3.8, 4) is 5.75 Å². The molecular formula is C18H17NO3. The average molecular weight is 295 g/mol. The van der Waals surface area contributed by atoms with Gasteiger partial charge in [-0.3, -0.25) is 0 Å². The van der Waals surface area contributed by atoms with E-state index < -0.39 is 0 Å². The summed E-state index contributed by atoms with van der Waals surface area (Å²) < 4.78 is 10.5. The predicted molar refractivity (Wildman–Crippen MR) is 86.8 cm³/mol. The maximum Gasteiger partial charge on any atom is 0.337 e. The lowest BCUT2D eigenvalue weighted by molar-refractivity contribution is 0.0601. The maximum absolute atomic E-state index is 11.5. The van der Waals surface area contributed by atoms with E-state index in [1.165, 1.54) is 7.11 Å². The number of esters is 1. The van der Waals surface area contributed by atoms with E-state index in [4.69, 9.17) is 9.47 Å². The van der Waals surface area contributed by atoms with Gasteiger partial charge in [-0.1, -0.05) is 18.7 Å². The first kappa shape index (κ1) is 14.2. The Morgan fingerprint density at radius 2 is 2.05 bits per heavy atom. The summed E-state index contributed by atoms with van der Waals surface area (Å²) in [5.74, 6) is 0.519. The molecule has 0 saturated heterocycles. The Balaban J connectivity index is 1.93. The third-order valence-corrected chi connectivity index (χ3v) is 3.68. The Morgan fingerprint density at radius 3 is 2.73 bits per heavy atom. The zero-order valence-electron chi connectivity index (χ0n) is 12.4. The highest BCUT2D eigenvalue weighted by atomic mass is 16.5. The van der Waals surface area contributed by atoms with Crippen LogP contribution in [0.15, 0.2) is 49.0 Å². The standard InChI is InChI=1S/C18H17NO3/c1-3-13-4-9-16-17(12-13)22-11-10-19(16)15-7-5-14(6-8-15)18(20)21-2/h3-9,12H,1,10-11H2,2H3. The van der Waals surface area contributed by atoms with Crippen molar-refractivity contribution < 1.29 is 14.3 Å². The molecule has 0 unspecified atom stereocenters. The number of nitrogens with zero attached hydrogens (tertiary/aromatic N) is 1. The number of ether oxygens (including phenoxy) is 2. The topological polar surface area (TPSA) is 38.8 Å². The van der Waals surface area contributed by atoms with Gasteiger partial charge < -0.3 is 14.4 Å². The molecule has 2 aromatic rings. The molecular weight excluding hydrogens is 278 g/mol. The van der Waals surface area contributed by atoms with Crippen LogP contribution >= 0.6 is 0 Å². The molecule has 0 aromatic heterocycles. The molecule has 112 valence electrons. The summed E-state index contributed by atoms with van der Waals surface area (Å²) in [5.41, 5.74) is 3.61. The first-order valence-electron chi connectivity index (χ1n) is 7.08. The van der Waals surface area contributed by atoms with Crippen LogP contribution in [0, 0.1) is 0 Å². The minimum atomic E-state index is -0.329. The van der Waals surface area contributed by atoms with E-state index in [1.54, 1.807) is 18.2 Å². The summed E-state index contributed by atoms with van der Waals surface area (Å²) in [4.78, 5) is 13.7. The largest absolute Gasteiger partial charge is 0.490 e. The molecule has 4 nitrogen and oxygen atoms in total. The molecule has 0 saturated carbocycles. The molecule has 0 aliphatic carbocycles. The molecule has 0 amide bonds. The van der Waals surface area contributed by atoms with Gasteiger partial charge in [-0.05, 0) is 42.0 Å². The first-order chi connectivity index (χ1) is 10.7. The lowest BCUT2D eigenvalue weighted by Crippen LogP contribution is -2.28. The lowest BCUT2D eigenvalue weighted by Gasteiger charge is -2.31. The molecule has 3 rings (SSSR count). The van der Waals surface area contributed by atoms with Crippen LogP contribution in [-0.4, -0.2) is 26.2 Å². The second-order valence-corrected chi connectivity index (χ2v) is 4.97. The number of carbonyl (C=O) groups is 1. The van der Waals surface area contributed by atoms with E-state index in [-0.39, 0.29) is 5.97 Å². The van der Waals surface area contributed by atoms with E-state index in [0.717, 1.165) is 29.2 Å². The smallest absolute Gasteiger partial charge is 0.337 e. The zero-order chi connectivity index (χ0) is 15.5. The molecule has 1 heterocycles. The van der Waals surface area contributed by atoms with Gasteiger partial charge in [-0.15, -0.1) is 0 Å². The summed E-state index contributed by atoms with van der Waals surface area (Å²) >= 11 is 0. The predicted octanol–water partition coefficient (Wildman–Crippen LogP) is 3.65. The van der Waals surface area contributed by atoms with Gasteiger partial charge in [-0.25, -0.2) is 4.79 Å². The fraction of sp³-hybridized carbons (Fsp3) is 0.167. The number of fused-ring (bicyclic) bond motifs is 1. The van der Waals surface area contributed by atoms with Gasteiger partial charge >= 0.3 is 5.97 Å². The van der Waals surface area contributed by atoms with Crippen LogP contribution in [-0.2, 0) is 4.74 Å². The van der Waals surface area contributed by atoms with Gasteiger partial charge in [0.05, 0.1) is 24.9 Å². The number of hydrogen-bond acceptors (Lipinski definition) is 4. The highest BCUT2D eigenvalue weighted by Gasteiger charge is 2.19. The van der Waals surface area contributed by atoms with Crippen LogP contribution in [0.2, 0.25) is 0 Å². The molecule has 0 spiro atoms.